The van der Waals surface area contributed by atoms with Crippen LogP contribution in [-0.4, -0.2) is 8.24 Å². The van der Waals surface area contributed by atoms with E-state index in [9.17, 15) is 0 Å². The predicted octanol–water partition coefficient (Wildman–Crippen LogP) is 4.98. The Bertz CT molecular complexity index is 547. The number of halogens is 1. The minimum atomic E-state index is -1.80. The Morgan fingerprint density at radius 3 is 1.47 bits per heavy atom. The Hall–Kier alpha value is -0.633. The van der Waals surface area contributed by atoms with Crippen molar-refractivity contribution in [1.82, 2.24) is 0 Å². The molecule has 0 aromatic heterocycles. The van der Waals surface area contributed by atoms with Crippen LogP contribution in [0, 0.1) is 0 Å². The van der Waals surface area contributed by atoms with Crippen LogP contribution in [0.3, 0.4) is 0 Å². The lowest BCUT2D eigenvalue weighted by Gasteiger charge is -2.24. The third-order valence-electron chi connectivity index (χ3n) is 2.63. The fourth-order valence-electron chi connectivity index (χ4n) is 1.93. The summed E-state index contributed by atoms with van der Waals surface area (Å²) in [6, 6.07) is 21.2. The van der Waals surface area contributed by atoms with E-state index in [1.165, 1.54) is 10.6 Å². The fourth-order valence-corrected chi connectivity index (χ4v) is 13.3. The zero-order valence-corrected chi connectivity index (χ0v) is 15.0. The molecule has 0 spiro atoms. The molecule has 0 aliphatic heterocycles. The second-order valence-electron chi connectivity index (χ2n) is 5.50. The quantitative estimate of drug-likeness (QED) is 0.546. The average Bonchev–Trinajstić information content (AvgIpc) is 2.39. The van der Waals surface area contributed by atoms with Crippen LogP contribution in [0.4, 0.5) is 0 Å². The molecular formula is C15H19BrNPSi. The molecule has 0 amide bonds. The Morgan fingerprint density at radius 2 is 1.16 bits per heavy atom. The lowest BCUT2D eigenvalue weighted by atomic mass is 10.4. The van der Waals surface area contributed by atoms with E-state index in [1.54, 1.807) is 0 Å². The lowest BCUT2D eigenvalue weighted by molar-refractivity contribution is 1.59. The summed E-state index contributed by atoms with van der Waals surface area (Å²) in [5.41, 5.74) is 0. The second kappa shape index (κ2) is 5.78. The molecule has 0 aliphatic rings. The average molecular weight is 352 g/mol. The van der Waals surface area contributed by atoms with Crippen molar-refractivity contribution < 1.29 is 0 Å². The summed E-state index contributed by atoms with van der Waals surface area (Å²) in [5, 5.41) is 2.59. The van der Waals surface area contributed by atoms with Gasteiger partial charge < -0.3 is 4.41 Å². The van der Waals surface area contributed by atoms with Crippen molar-refractivity contribution in [3.8, 4) is 0 Å². The highest BCUT2D eigenvalue weighted by molar-refractivity contribution is 9.42. The molecule has 2 rings (SSSR count). The smallest absolute Gasteiger partial charge is 0.172 e. The summed E-state index contributed by atoms with van der Waals surface area (Å²) < 4.78 is 5.25. The summed E-state index contributed by atoms with van der Waals surface area (Å²) in [6.07, 6.45) is 0. The standard InChI is InChI=1S/C15H19BrNPSi/c1-19(2,3)17-18(16,14-10-6-4-7-11-14)15-12-8-5-9-13-15/h4-13H,1-3H3. The van der Waals surface area contributed by atoms with Gasteiger partial charge in [-0.05, 0) is 15.5 Å². The topological polar surface area (TPSA) is 12.4 Å². The molecule has 0 fully saturated rings. The Morgan fingerprint density at radius 1 is 0.789 bits per heavy atom. The van der Waals surface area contributed by atoms with Gasteiger partial charge in [-0.1, -0.05) is 80.3 Å². The van der Waals surface area contributed by atoms with Crippen LogP contribution in [0.25, 0.3) is 0 Å². The Kier molecular flexibility index (Phi) is 4.49. The number of hydrogen-bond donors (Lipinski definition) is 0. The van der Waals surface area contributed by atoms with E-state index in [2.05, 4.69) is 95.8 Å². The molecule has 19 heavy (non-hydrogen) atoms. The van der Waals surface area contributed by atoms with Gasteiger partial charge in [-0.15, -0.1) is 0 Å². The molecule has 0 N–H and O–H groups in total. The van der Waals surface area contributed by atoms with Crippen molar-refractivity contribution in [2.24, 2.45) is 4.41 Å². The minimum Gasteiger partial charge on any atom is -0.320 e. The van der Waals surface area contributed by atoms with Gasteiger partial charge in [0, 0.05) is 10.6 Å². The van der Waals surface area contributed by atoms with Crippen molar-refractivity contribution in [2.75, 3.05) is 0 Å². The largest absolute Gasteiger partial charge is 0.320 e. The van der Waals surface area contributed by atoms with E-state index >= 15 is 0 Å². The van der Waals surface area contributed by atoms with Crippen LogP contribution in [0.15, 0.2) is 65.1 Å². The van der Waals surface area contributed by atoms with Crippen LogP contribution >= 0.6 is 21.2 Å². The Balaban J connectivity index is 2.69. The van der Waals surface area contributed by atoms with Crippen LogP contribution < -0.4 is 10.6 Å². The van der Waals surface area contributed by atoms with Gasteiger partial charge in [-0.3, -0.25) is 0 Å². The van der Waals surface area contributed by atoms with E-state index in [0.29, 0.717) is 0 Å². The van der Waals surface area contributed by atoms with Crippen molar-refractivity contribution in [1.29, 1.82) is 0 Å². The van der Waals surface area contributed by atoms with Gasteiger partial charge in [0.05, 0.1) is 5.76 Å². The first-order chi connectivity index (χ1) is 8.92. The SMILES string of the molecule is C[Si](C)(C)N=P(Br)(c1ccccc1)c1ccccc1. The first kappa shape index (κ1) is 14.8. The van der Waals surface area contributed by atoms with Gasteiger partial charge >= 0.3 is 0 Å². The Labute approximate surface area is 125 Å². The molecule has 0 saturated carbocycles. The van der Waals surface area contributed by atoms with Crippen LogP contribution in [0.2, 0.25) is 19.6 Å². The van der Waals surface area contributed by atoms with E-state index in [0.717, 1.165) is 0 Å². The second-order valence-corrected chi connectivity index (χ2v) is 15.9. The molecule has 1 nitrogen and oxygen atoms in total. The first-order valence-electron chi connectivity index (χ1n) is 6.36. The molecule has 0 heterocycles. The number of hydrogen-bond acceptors (Lipinski definition) is 1. The minimum absolute atomic E-state index is 1.30. The highest BCUT2D eigenvalue weighted by atomic mass is 79.9. The summed E-state index contributed by atoms with van der Waals surface area (Å²) in [5.74, 6) is -1.80. The van der Waals surface area contributed by atoms with Gasteiger partial charge in [0.2, 0.25) is 0 Å². The fraction of sp³-hybridized carbons (Fsp3) is 0.200. The first-order valence-corrected chi connectivity index (χ1v) is 13.6. The lowest BCUT2D eigenvalue weighted by Crippen LogP contribution is -2.21. The maximum absolute atomic E-state index is 5.25. The summed E-state index contributed by atoms with van der Waals surface area (Å²) in [6.45, 7) is 6.86. The third-order valence-corrected chi connectivity index (χ3v) is 12.0. The van der Waals surface area contributed by atoms with Crippen molar-refractivity contribution in [3.63, 3.8) is 0 Å². The van der Waals surface area contributed by atoms with Gasteiger partial charge in [0.1, 0.15) is 0 Å². The predicted molar refractivity (Wildman–Crippen MR) is 93.8 cm³/mol. The van der Waals surface area contributed by atoms with E-state index in [1.807, 2.05) is 0 Å². The van der Waals surface area contributed by atoms with Gasteiger partial charge in [-0.25, -0.2) is 0 Å². The van der Waals surface area contributed by atoms with Crippen molar-refractivity contribution in [3.05, 3.63) is 60.7 Å². The zero-order valence-electron chi connectivity index (χ0n) is 11.5. The zero-order chi connectivity index (χ0) is 13.9. The molecule has 0 radical (unpaired) electrons. The van der Waals surface area contributed by atoms with Crippen molar-refractivity contribution >= 4 is 40.1 Å². The van der Waals surface area contributed by atoms with Gasteiger partial charge in [0.15, 0.2) is 8.24 Å². The molecule has 0 unspecified atom stereocenters. The van der Waals surface area contributed by atoms with Crippen molar-refractivity contribution in [2.45, 2.75) is 19.6 Å². The molecule has 2 aromatic carbocycles. The maximum Gasteiger partial charge on any atom is 0.172 e. The molecule has 100 valence electrons. The molecule has 0 aliphatic carbocycles. The summed E-state index contributed by atoms with van der Waals surface area (Å²) >= 11 is 4.02. The third kappa shape index (κ3) is 3.68. The molecule has 0 atom stereocenters. The number of rotatable bonds is 3. The van der Waals surface area contributed by atoms with E-state index in [-0.39, 0.29) is 0 Å². The van der Waals surface area contributed by atoms with Crippen LogP contribution in [0.1, 0.15) is 0 Å². The van der Waals surface area contributed by atoms with Crippen LogP contribution in [-0.2, 0) is 0 Å². The van der Waals surface area contributed by atoms with Gasteiger partial charge in [-0.2, -0.15) is 0 Å². The number of benzene rings is 2. The molecule has 4 heteroatoms. The molecule has 0 bridgehead atoms. The monoisotopic (exact) mass is 351 g/mol. The maximum atomic E-state index is 5.25. The van der Waals surface area contributed by atoms with Crippen LogP contribution in [0.5, 0.6) is 0 Å². The molecular weight excluding hydrogens is 333 g/mol. The normalized spacial score (nSPS) is 12.2. The molecule has 2 aromatic rings. The number of nitrogens with zero attached hydrogens (tertiary/aromatic N) is 1. The molecule has 0 saturated heterocycles. The summed E-state index contributed by atoms with van der Waals surface area (Å²) in [7, 11) is -1.53. The van der Waals surface area contributed by atoms with E-state index in [4.69, 9.17) is 4.41 Å². The van der Waals surface area contributed by atoms with Gasteiger partial charge in [0.25, 0.3) is 0 Å². The highest BCUT2D eigenvalue weighted by Gasteiger charge is 2.25. The van der Waals surface area contributed by atoms with E-state index < -0.39 is 14.0 Å². The summed E-state index contributed by atoms with van der Waals surface area (Å²) in [4.78, 5) is 0. The highest BCUT2D eigenvalue weighted by Crippen LogP contribution is 2.56.